The first-order valence-electron chi connectivity index (χ1n) is 14.2. The molecule has 0 fully saturated rings. The van der Waals surface area contributed by atoms with Gasteiger partial charge in [-0.3, -0.25) is 4.79 Å². The number of alkyl halides is 2. The van der Waals surface area contributed by atoms with Crippen molar-refractivity contribution in [3.63, 3.8) is 0 Å². The predicted molar refractivity (Wildman–Crippen MR) is 164 cm³/mol. The average Bonchev–Trinajstić information content (AvgIpc) is 3.03. The smallest absolute Gasteiger partial charge is 0.306 e. The van der Waals surface area contributed by atoms with E-state index in [-0.39, 0.29) is 23.7 Å². The summed E-state index contributed by atoms with van der Waals surface area (Å²) in [7, 11) is 0. The van der Waals surface area contributed by atoms with Crippen molar-refractivity contribution >= 4 is 10.9 Å². The molecule has 0 aliphatic carbocycles. The Hall–Kier alpha value is -4.53. The third kappa shape index (κ3) is 7.85. The summed E-state index contributed by atoms with van der Waals surface area (Å²) < 4.78 is 40.2. The zero-order valence-corrected chi connectivity index (χ0v) is 23.8. The van der Waals surface area contributed by atoms with Crippen molar-refractivity contribution in [2.45, 2.75) is 38.0 Å². The van der Waals surface area contributed by atoms with Crippen molar-refractivity contribution in [3.8, 4) is 11.5 Å². The second kappa shape index (κ2) is 13.6. The monoisotopic (exact) mass is 584 g/mol. The molecule has 0 saturated heterocycles. The highest BCUT2D eigenvalue weighted by molar-refractivity contribution is 5.87. The average molecular weight is 585 g/mol. The number of hydrogen-bond donors (Lipinski definition) is 3. The number of aliphatic hydroxyl groups excluding tert-OH is 1. The summed E-state index contributed by atoms with van der Waals surface area (Å²) in [6.45, 7) is 1.90. The predicted octanol–water partition coefficient (Wildman–Crippen LogP) is 6.53. The quantitative estimate of drug-likeness (QED) is 0.147. The van der Waals surface area contributed by atoms with Crippen LogP contribution in [0.25, 0.3) is 10.9 Å². The van der Waals surface area contributed by atoms with E-state index in [0.29, 0.717) is 41.0 Å². The van der Waals surface area contributed by atoms with Gasteiger partial charge in [0.05, 0.1) is 11.6 Å². The molecule has 0 amide bonds. The fourth-order valence-corrected chi connectivity index (χ4v) is 4.90. The maximum atomic E-state index is 14.4. The van der Waals surface area contributed by atoms with Gasteiger partial charge >= 0.3 is 5.92 Å². The van der Waals surface area contributed by atoms with Crippen molar-refractivity contribution < 1.29 is 23.4 Å². The first-order valence-corrected chi connectivity index (χ1v) is 14.2. The van der Waals surface area contributed by atoms with Gasteiger partial charge in [0.1, 0.15) is 18.1 Å². The van der Waals surface area contributed by atoms with Gasteiger partial charge in [0, 0.05) is 29.6 Å². The van der Waals surface area contributed by atoms with Crippen LogP contribution in [0, 0.1) is 0 Å². The number of aromatic amines is 1. The van der Waals surface area contributed by atoms with Gasteiger partial charge in [-0.25, -0.2) is 0 Å². The molecule has 0 spiro atoms. The molecule has 1 heterocycles. The van der Waals surface area contributed by atoms with E-state index < -0.39 is 18.6 Å². The summed E-state index contributed by atoms with van der Waals surface area (Å²) in [4.78, 5) is 15.0. The molecule has 1 aromatic heterocycles. The molecular formula is C35H34F2N2O4. The first-order chi connectivity index (χ1) is 20.8. The van der Waals surface area contributed by atoms with Crippen LogP contribution in [-0.2, 0) is 19.0 Å². The van der Waals surface area contributed by atoms with Crippen molar-refractivity contribution in [2.24, 2.45) is 0 Å². The second-order valence-electron chi connectivity index (χ2n) is 10.6. The zero-order valence-electron chi connectivity index (χ0n) is 23.8. The largest absolute Gasteiger partial charge is 0.487 e. The molecule has 4 aromatic carbocycles. The lowest BCUT2D eigenvalue weighted by Crippen LogP contribution is -2.32. The van der Waals surface area contributed by atoms with Gasteiger partial charge in [0.2, 0.25) is 5.56 Å². The van der Waals surface area contributed by atoms with Crippen molar-refractivity contribution in [2.75, 3.05) is 13.2 Å². The van der Waals surface area contributed by atoms with Crippen LogP contribution in [0.1, 0.15) is 35.3 Å². The fraction of sp³-hybridized carbons (Fsp3) is 0.229. The lowest BCUT2D eigenvalue weighted by Gasteiger charge is -2.20. The highest BCUT2D eigenvalue weighted by Gasteiger charge is 2.32. The molecule has 3 N–H and O–H groups in total. The van der Waals surface area contributed by atoms with Crippen LogP contribution >= 0.6 is 0 Å². The maximum Gasteiger partial charge on any atom is 0.306 e. The molecule has 0 saturated carbocycles. The molecule has 2 atom stereocenters. The summed E-state index contributed by atoms with van der Waals surface area (Å²) in [5, 5.41) is 15.1. The number of ether oxygens (including phenoxy) is 2. The topological polar surface area (TPSA) is 83.6 Å². The normalized spacial score (nSPS) is 13.0. The number of nitrogens with one attached hydrogen (secondary N) is 2. The SMILES string of the molecule is C[C@@H](Cc1ccc(OCC(F)(F)c2ccccc2)cc1)NC[C@@H](O)c1ccc(OCc2ccccc2)c2[nH]c(=O)ccc12. The number of fused-ring (bicyclic) bond motifs is 1. The molecule has 8 heteroatoms. The minimum Gasteiger partial charge on any atom is -0.487 e. The Kier molecular flexibility index (Phi) is 9.49. The Labute approximate surface area is 248 Å². The molecule has 6 nitrogen and oxygen atoms in total. The van der Waals surface area contributed by atoms with Crippen LogP contribution in [0.2, 0.25) is 0 Å². The van der Waals surface area contributed by atoms with Crippen LogP contribution in [0.5, 0.6) is 11.5 Å². The molecule has 5 rings (SSSR count). The van der Waals surface area contributed by atoms with Gasteiger partial charge in [-0.15, -0.1) is 0 Å². The number of rotatable bonds is 13. The number of pyridine rings is 1. The molecule has 43 heavy (non-hydrogen) atoms. The molecule has 222 valence electrons. The van der Waals surface area contributed by atoms with Crippen LogP contribution in [-0.4, -0.2) is 29.3 Å². The Morgan fingerprint density at radius 1 is 0.837 bits per heavy atom. The van der Waals surface area contributed by atoms with Crippen LogP contribution in [0.3, 0.4) is 0 Å². The number of halogens is 2. The maximum absolute atomic E-state index is 14.4. The highest BCUT2D eigenvalue weighted by Crippen LogP contribution is 2.31. The van der Waals surface area contributed by atoms with Crippen molar-refractivity contribution in [1.82, 2.24) is 10.3 Å². The summed E-state index contributed by atoms with van der Waals surface area (Å²) in [5.41, 5.74) is 2.88. The molecule has 0 radical (unpaired) electrons. The Morgan fingerprint density at radius 2 is 1.53 bits per heavy atom. The third-order valence-corrected chi connectivity index (χ3v) is 7.23. The minimum atomic E-state index is -3.09. The summed E-state index contributed by atoms with van der Waals surface area (Å²) in [6.07, 6.45) is -0.172. The number of benzene rings is 4. The highest BCUT2D eigenvalue weighted by atomic mass is 19.3. The van der Waals surface area contributed by atoms with E-state index in [2.05, 4.69) is 10.3 Å². The van der Waals surface area contributed by atoms with Gasteiger partial charge < -0.3 is 24.9 Å². The Bertz CT molecular complexity index is 1680. The lowest BCUT2D eigenvalue weighted by molar-refractivity contribution is -0.0467. The Balaban J connectivity index is 1.16. The van der Waals surface area contributed by atoms with E-state index in [9.17, 15) is 18.7 Å². The van der Waals surface area contributed by atoms with E-state index in [1.54, 1.807) is 42.5 Å². The van der Waals surface area contributed by atoms with Crippen LogP contribution in [0.15, 0.2) is 114 Å². The lowest BCUT2D eigenvalue weighted by atomic mass is 10.0. The van der Waals surface area contributed by atoms with E-state index in [0.717, 1.165) is 11.1 Å². The molecule has 0 unspecified atom stereocenters. The number of aromatic nitrogens is 1. The van der Waals surface area contributed by atoms with Crippen molar-refractivity contribution in [3.05, 3.63) is 142 Å². The first kappa shape index (κ1) is 29.9. The fourth-order valence-electron chi connectivity index (χ4n) is 4.90. The van der Waals surface area contributed by atoms with Gasteiger partial charge in [-0.1, -0.05) is 78.9 Å². The zero-order chi connectivity index (χ0) is 30.2. The number of H-pyrrole nitrogens is 1. The summed E-state index contributed by atoms with van der Waals surface area (Å²) in [5.74, 6) is -2.18. The summed E-state index contributed by atoms with van der Waals surface area (Å²) >= 11 is 0. The molecule has 0 bridgehead atoms. The van der Waals surface area contributed by atoms with E-state index in [4.69, 9.17) is 9.47 Å². The van der Waals surface area contributed by atoms with Gasteiger partial charge in [0.15, 0.2) is 6.61 Å². The number of hydrogen-bond acceptors (Lipinski definition) is 5. The van der Waals surface area contributed by atoms with Crippen LogP contribution < -0.4 is 20.3 Å². The number of aliphatic hydroxyl groups is 1. The van der Waals surface area contributed by atoms with Gasteiger partial charge in [0.25, 0.3) is 0 Å². The van der Waals surface area contributed by atoms with Crippen LogP contribution in [0.4, 0.5) is 8.78 Å². The van der Waals surface area contributed by atoms with E-state index in [1.165, 1.54) is 18.2 Å². The molecule has 0 aliphatic heterocycles. The van der Waals surface area contributed by atoms with Gasteiger partial charge in [-0.05, 0) is 54.3 Å². The second-order valence-corrected chi connectivity index (χ2v) is 10.6. The third-order valence-electron chi connectivity index (χ3n) is 7.23. The molecular weight excluding hydrogens is 550 g/mol. The minimum absolute atomic E-state index is 0.0170. The van der Waals surface area contributed by atoms with E-state index in [1.807, 2.05) is 55.5 Å². The van der Waals surface area contributed by atoms with Crippen molar-refractivity contribution in [1.29, 1.82) is 0 Å². The standard InChI is InChI=1S/C35H34F2N2O4/c1-24(20-25-12-14-28(15-13-25)43-23-35(36,37)27-10-6-3-7-11-27)38-21-31(40)29-16-18-32(34-30(29)17-19-33(41)39-34)42-22-26-8-4-2-5-9-26/h2-19,24,31,38,40H,20-23H2,1H3,(H,39,41)/t24-,31+/m0/s1. The van der Waals surface area contributed by atoms with E-state index >= 15 is 0 Å². The van der Waals surface area contributed by atoms with Gasteiger partial charge in [-0.2, -0.15) is 8.78 Å². The Morgan fingerprint density at radius 3 is 2.26 bits per heavy atom. The molecule has 0 aliphatic rings. The molecule has 5 aromatic rings. The summed E-state index contributed by atoms with van der Waals surface area (Å²) in [6, 6.07) is 31.2.